The van der Waals surface area contributed by atoms with Crippen molar-refractivity contribution in [1.29, 1.82) is 0 Å². The normalized spacial score (nSPS) is 11.3. The van der Waals surface area contributed by atoms with Crippen molar-refractivity contribution in [2.24, 2.45) is 0 Å². The molecule has 0 aliphatic rings. The highest BCUT2D eigenvalue weighted by molar-refractivity contribution is 7.73. The minimum atomic E-state index is -0.678. The van der Waals surface area contributed by atoms with Gasteiger partial charge in [0.2, 0.25) is 0 Å². The van der Waals surface area contributed by atoms with Crippen LogP contribution < -0.4 is 4.74 Å². The summed E-state index contributed by atoms with van der Waals surface area (Å²) in [5.74, 6) is 0.982. The van der Waals surface area contributed by atoms with E-state index in [0.717, 1.165) is 12.4 Å². The monoisotopic (exact) mass is 197 g/mol. The maximum absolute atomic E-state index is 5.61. The summed E-state index contributed by atoms with van der Waals surface area (Å²) in [5.41, 5.74) is 0. The molecule has 0 amide bonds. The van der Waals surface area contributed by atoms with Crippen molar-refractivity contribution in [1.82, 2.24) is 0 Å². The smallest absolute Gasteiger partial charge is 0.122 e. The lowest BCUT2D eigenvalue weighted by Crippen LogP contribution is -2.05. The van der Waals surface area contributed by atoms with E-state index in [1.165, 1.54) is 6.16 Å². The molecule has 2 heteroatoms. The van der Waals surface area contributed by atoms with E-state index < -0.39 is 7.26 Å². The fraction of sp³-hybridized carbons (Fsp3) is 0.455. The van der Waals surface area contributed by atoms with E-state index in [-0.39, 0.29) is 0 Å². The molecule has 0 saturated heterocycles. The summed E-state index contributed by atoms with van der Waals surface area (Å²) in [6, 6.07) is 10.0. The fourth-order valence-electron chi connectivity index (χ4n) is 0.954. The van der Waals surface area contributed by atoms with Gasteiger partial charge in [-0.05, 0) is 12.1 Å². The minimum absolute atomic E-state index is 0.678. The van der Waals surface area contributed by atoms with E-state index in [4.69, 9.17) is 4.74 Å². The second kappa shape index (κ2) is 4.62. The van der Waals surface area contributed by atoms with Crippen LogP contribution in [0.2, 0.25) is 0 Å². The Kier molecular flexibility index (Phi) is 3.74. The lowest BCUT2D eigenvalue weighted by molar-refractivity contribution is 0.342. The number of benzene rings is 1. The summed E-state index contributed by atoms with van der Waals surface area (Å²) in [4.78, 5) is 0. The summed E-state index contributed by atoms with van der Waals surface area (Å²) in [6.45, 7) is 7.85. The molecule has 1 rings (SSSR count). The van der Waals surface area contributed by atoms with Gasteiger partial charge in [0, 0.05) is 27.3 Å². The third kappa shape index (κ3) is 4.90. The van der Waals surface area contributed by atoms with E-state index in [1.54, 1.807) is 0 Å². The summed E-state index contributed by atoms with van der Waals surface area (Å²) in [5, 5.41) is 0. The molecule has 0 unspecified atom stereocenters. The van der Waals surface area contributed by atoms with Crippen LogP contribution in [0.3, 0.4) is 0 Å². The molecule has 0 aliphatic carbocycles. The van der Waals surface area contributed by atoms with Crippen LogP contribution in [0.15, 0.2) is 30.3 Å². The van der Waals surface area contributed by atoms with Crippen molar-refractivity contribution in [3.05, 3.63) is 30.3 Å². The van der Waals surface area contributed by atoms with Crippen LogP contribution in [0.5, 0.6) is 5.75 Å². The first-order valence-electron chi connectivity index (χ1n) is 4.56. The van der Waals surface area contributed by atoms with E-state index in [2.05, 4.69) is 20.0 Å². The molecule has 0 fully saturated rings. The Morgan fingerprint density at radius 1 is 1.08 bits per heavy atom. The van der Waals surface area contributed by atoms with Gasteiger partial charge in [-0.2, -0.15) is 0 Å². The molecule has 0 radical (unpaired) electrons. The highest BCUT2D eigenvalue weighted by Crippen LogP contribution is 2.45. The largest absolute Gasteiger partial charge is 0.490 e. The van der Waals surface area contributed by atoms with Crippen molar-refractivity contribution >= 4 is 7.26 Å². The summed E-state index contributed by atoms with van der Waals surface area (Å²) >= 11 is 0. The van der Waals surface area contributed by atoms with Crippen molar-refractivity contribution in [2.75, 3.05) is 32.8 Å². The second-order valence-corrected chi connectivity index (χ2v) is 9.20. The number of para-hydroxylation sites is 1. The van der Waals surface area contributed by atoms with Gasteiger partial charge in [0.05, 0.1) is 6.16 Å². The van der Waals surface area contributed by atoms with E-state index in [1.807, 2.05) is 30.3 Å². The molecule has 1 aromatic rings. The van der Waals surface area contributed by atoms with Crippen LogP contribution in [0.4, 0.5) is 0 Å². The van der Waals surface area contributed by atoms with Gasteiger partial charge in [-0.1, -0.05) is 18.2 Å². The van der Waals surface area contributed by atoms with Crippen LogP contribution in [0, 0.1) is 0 Å². The molecule has 0 aromatic heterocycles. The Morgan fingerprint density at radius 3 is 2.23 bits per heavy atom. The molecular weight excluding hydrogens is 179 g/mol. The number of rotatable bonds is 4. The van der Waals surface area contributed by atoms with E-state index in [9.17, 15) is 0 Å². The van der Waals surface area contributed by atoms with E-state index in [0.29, 0.717) is 0 Å². The zero-order valence-corrected chi connectivity index (χ0v) is 9.55. The zero-order valence-electron chi connectivity index (χ0n) is 8.66. The Labute approximate surface area is 81.5 Å². The van der Waals surface area contributed by atoms with Gasteiger partial charge in [-0.3, -0.25) is 0 Å². The standard InChI is InChI=1S/C11H18OP/c1-13(2,3)10-9-12-11-7-5-4-6-8-11/h4-8H,9-10H2,1-3H3/q+1. The van der Waals surface area contributed by atoms with Gasteiger partial charge in [0.1, 0.15) is 12.4 Å². The van der Waals surface area contributed by atoms with Crippen molar-refractivity contribution in [3.63, 3.8) is 0 Å². The lowest BCUT2D eigenvalue weighted by Gasteiger charge is -2.12. The third-order valence-electron chi connectivity index (χ3n) is 1.77. The average molecular weight is 197 g/mol. The molecule has 1 nitrogen and oxygen atoms in total. The Hall–Kier alpha value is -0.550. The van der Waals surface area contributed by atoms with Gasteiger partial charge >= 0.3 is 0 Å². The second-order valence-electron chi connectivity index (χ2n) is 4.18. The van der Waals surface area contributed by atoms with E-state index >= 15 is 0 Å². The van der Waals surface area contributed by atoms with Crippen LogP contribution in [0.25, 0.3) is 0 Å². The highest BCUT2D eigenvalue weighted by atomic mass is 31.2. The maximum Gasteiger partial charge on any atom is 0.122 e. The number of ether oxygens (including phenoxy) is 1. The lowest BCUT2D eigenvalue weighted by atomic mass is 10.3. The molecule has 0 aliphatic heterocycles. The topological polar surface area (TPSA) is 9.23 Å². The predicted octanol–water partition coefficient (Wildman–Crippen LogP) is 2.97. The van der Waals surface area contributed by atoms with Crippen molar-refractivity contribution in [3.8, 4) is 5.75 Å². The van der Waals surface area contributed by atoms with Gasteiger partial charge in [0.15, 0.2) is 0 Å². The van der Waals surface area contributed by atoms with Crippen molar-refractivity contribution in [2.45, 2.75) is 0 Å². The summed E-state index contributed by atoms with van der Waals surface area (Å²) in [6.07, 6.45) is 1.20. The molecule has 0 spiro atoms. The Bertz CT molecular complexity index is 238. The Morgan fingerprint density at radius 2 is 1.69 bits per heavy atom. The van der Waals surface area contributed by atoms with Crippen LogP contribution in [0.1, 0.15) is 0 Å². The third-order valence-corrected chi connectivity index (χ3v) is 3.30. The maximum atomic E-state index is 5.61. The Balaban J connectivity index is 2.29. The van der Waals surface area contributed by atoms with Gasteiger partial charge in [0.25, 0.3) is 0 Å². The predicted molar refractivity (Wildman–Crippen MR) is 61.5 cm³/mol. The first kappa shape index (κ1) is 10.5. The molecule has 0 bridgehead atoms. The SMILES string of the molecule is C[P+](C)(C)CCOc1ccccc1. The van der Waals surface area contributed by atoms with Crippen LogP contribution in [-0.4, -0.2) is 32.8 Å². The molecule has 0 atom stereocenters. The van der Waals surface area contributed by atoms with Crippen LogP contribution in [-0.2, 0) is 0 Å². The molecule has 0 heterocycles. The molecule has 1 aromatic carbocycles. The first-order chi connectivity index (χ1) is 6.08. The fourth-order valence-corrected chi connectivity index (χ4v) is 1.59. The number of hydrogen-bond acceptors (Lipinski definition) is 1. The zero-order chi connectivity index (χ0) is 9.73. The quantitative estimate of drug-likeness (QED) is 0.674. The molecule has 13 heavy (non-hydrogen) atoms. The summed E-state index contributed by atoms with van der Waals surface area (Å²) < 4.78 is 5.61. The highest BCUT2D eigenvalue weighted by Gasteiger charge is 2.16. The molecular formula is C11H18OP+. The van der Waals surface area contributed by atoms with Crippen molar-refractivity contribution < 1.29 is 4.74 Å². The average Bonchev–Trinajstić information content (AvgIpc) is 2.04. The first-order valence-corrected chi connectivity index (χ1v) is 7.88. The molecule has 72 valence electrons. The minimum Gasteiger partial charge on any atom is -0.490 e. The van der Waals surface area contributed by atoms with Gasteiger partial charge in [-0.25, -0.2) is 0 Å². The number of hydrogen-bond donors (Lipinski definition) is 0. The van der Waals surface area contributed by atoms with Crippen LogP contribution >= 0.6 is 7.26 Å². The molecule has 0 saturated carbocycles. The van der Waals surface area contributed by atoms with Gasteiger partial charge in [-0.15, -0.1) is 0 Å². The van der Waals surface area contributed by atoms with Gasteiger partial charge < -0.3 is 4.74 Å². The molecule has 0 N–H and O–H groups in total. The summed E-state index contributed by atoms with van der Waals surface area (Å²) in [7, 11) is -0.678.